The molecule has 39 heavy (non-hydrogen) atoms. The van der Waals surface area contributed by atoms with Crippen molar-refractivity contribution >= 4 is 23.9 Å². The lowest BCUT2D eigenvalue weighted by Crippen LogP contribution is -2.56. The minimum absolute atomic E-state index is 0.0867. The molecule has 2 fully saturated rings. The molecule has 0 spiro atoms. The average Bonchev–Trinajstić information content (AvgIpc) is 3.39. The van der Waals surface area contributed by atoms with Crippen molar-refractivity contribution < 1.29 is 33.8 Å². The number of carbonyl (C=O) groups is 4. The zero-order valence-electron chi connectivity index (χ0n) is 22.7. The molecule has 1 saturated carbocycles. The Morgan fingerprint density at radius 1 is 1.21 bits per heavy atom. The van der Waals surface area contributed by atoms with E-state index in [0.717, 1.165) is 19.3 Å². The highest BCUT2D eigenvalue weighted by atomic mass is 16.6. The summed E-state index contributed by atoms with van der Waals surface area (Å²) in [5.41, 5.74) is -2.14. The van der Waals surface area contributed by atoms with Crippen LogP contribution in [0.5, 0.6) is 5.88 Å². The molecule has 212 valence electrons. The number of nitrogens with one attached hydrogen (secondary N) is 2. The Hall–Kier alpha value is -3.63. The molecule has 1 aromatic heterocycles. The van der Waals surface area contributed by atoms with Crippen molar-refractivity contribution in [2.24, 2.45) is 5.92 Å². The largest absolute Gasteiger partial charge is 0.479 e. The van der Waals surface area contributed by atoms with Gasteiger partial charge in [-0.15, -0.1) is 0 Å². The fraction of sp³-hybridized carbons (Fsp3) is 0.607. The van der Waals surface area contributed by atoms with E-state index in [1.54, 1.807) is 45.2 Å². The first-order valence-corrected chi connectivity index (χ1v) is 13.6. The number of amides is 3. The summed E-state index contributed by atoms with van der Waals surface area (Å²) in [6.45, 7) is 5.30. The monoisotopic (exact) mass is 542 g/mol. The normalized spacial score (nSPS) is 30.5. The lowest BCUT2D eigenvalue weighted by Gasteiger charge is -2.30. The smallest absolute Gasteiger partial charge is 0.408 e. The molecular formula is C28H38N4O7. The van der Waals surface area contributed by atoms with Crippen LogP contribution in [0, 0.1) is 5.92 Å². The van der Waals surface area contributed by atoms with Gasteiger partial charge in [-0.1, -0.05) is 31.1 Å². The first-order chi connectivity index (χ1) is 18.5. The van der Waals surface area contributed by atoms with Crippen LogP contribution in [-0.2, 0) is 19.1 Å². The second kappa shape index (κ2) is 11.6. The third-order valence-electron chi connectivity index (χ3n) is 7.24. The van der Waals surface area contributed by atoms with Crippen molar-refractivity contribution in [2.45, 2.75) is 95.0 Å². The van der Waals surface area contributed by atoms with E-state index in [0.29, 0.717) is 25.1 Å². The zero-order chi connectivity index (χ0) is 28.2. The second-order valence-corrected chi connectivity index (χ2v) is 11.5. The summed E-state index contributed by atoms with van der Waals surface area (Å²) < 4.78 is 11.4. The van der Waals surface area contributed by atoms with Gasteiger partial charge in [0.15, 0.2) is 0 Å². The van der Waals surface area contributed by atoms with Crippen LogP contribution in [0.4, 0.5) is 4.79 Å². The molecule has 0 bridgehead atoms. The first-order valence-electron chi connectivity index (χ1n) is 13.6. The molecule has 3 heterocycles. The van der Waals surface area contributed by atoms with Gasteiger partial charge in [-0.3, -0.25) is 9.59 Å². The van der Waals surface area contributed by atoms with E-state index in [1.165, 1.54) is 4.90 Å². The van der Waals surface area contributed by atoms with Gasteiger partial charge in [0.1, 0.15) is 29.3 Å². The maximum atomic E-state index is 13.9. The number of nitrogens with zero attached hydrogens (tertiary/aromatic N) is 2. The number of carboxylic acid groups (broad SMARTS) is 1. The molecule has 2 aliphatic heterocycles. The predicted octanol–water partition coefficient (Wildman–Crippen LogP) is 2.80. The van der Waals surface area contributed by atoms with Gasteiger partial charge in [-0.05, 0) is 52.5 Å². The number of hydrogen-bond donors (Lipinski definition) is 3. The number of aliphatic carboxylic acids is 1. The first kappa shape index (κ1) is 28.4. The van der Waals surface area contributed by atoms with Crippen molar-refractivity contribution in [2.75, 3.05) is 6.54 Å². The summed E-state index contributed by atoms with van der Waals surface area (Å²) in [7, 11) is 0. The van der Waals surface area contributed by atoms with Crippen LogP contribution >= 0.6 is 0 Å². The average molecular weight is 543 g/mol. The van der Waals surface area contributed by atoms with Crippen molar-refractivity contribution in [3.05, 3.63) is 36.5 Å². The molecule has 11 nitrogen and oxygen atoms in total. The van der Waals surface area contributed by atoms with Crippen LogP contribution in [0.1, 0.15) is 65.7 Å². The van der Waals surface area contributed by atoms with Gasteiger partial charge in [0, 0.05) is 24.6 Å². The molecule has 5 atom stereocenters. The number of pyridine rings is 1. The van der Waals surface area contributed by atoms with E-state index in [-0.39, 0.29) is 18.9 Å². The molecule has 3 amide bonds. The van der Waals surface area contributed by atoms with Gasteiger partial charge in [0.05, 0.1) is 6.54 Å². The topological polar surface area (TPSA) is 147 Å². The predicted molar refractivity (Wildman–Crippen MR) is 141 cm³/mol. The standard InChI is InChI=1S/C28H38N4O7/c1-27(2,3)39-26(37)30-20-12-8-6-4-5-7-11-18-16-28(18,25(35)36)31-23(33)21-15-19(17-32(21)24(20)34)38-22-13-9-10-14-29-22/h7,9-11,13-14,18-21H,4-6,8,12,15-17H2,1-3H3,(H,30,37)(H,31,33)(H,35,36)/b11-7-/t18-,19-,20+,21+,28-/m1/s1. The van der Waals surface area contributed by atoms with Crippen LogP contribution in [0.15, 0.2) is 36.5 Å². The van der Waals surface area contributed by atoms with E-state index in [9.17, 15) is 24.3 Å². The van der Waals surface area contributed by atoms with Gasteiger partial charge < -0.3 is 30.1 Å². The number of ether oxygens (including phenoxy) is 2. The number of carbonyl (C=O) groups excluding carboxylic acids is 3. The van der Waals surface area contributed by atoms with Crippen LogP contribution in [0.3, 0.4) is 0 Å². The van der Waals surface area contributed by atoms with Crippen LogP contribution < -0.4 is 15.4 Å². The lowest BCUT2D eigenvalue weighted by atomic mass is 10.0. The quantitative estimate of drug-likeness (QED) is 0.492. The lowest BCUT2D eigenvalue weighted by molar-refractivity contribution is -0.145. The summed E-state index contributed by atoms with van der Waals surface area (Å²) in [5.74, 6) is -2.04. The van der Waals surface area contributed by atoms with Crippen molar-refractivity contribution in [3.63, 3.8) is 0 Å². The van der Waals surface area contributed by atoms with Gasteiger partial charge in [-0.25, -0.2) is 14.6 Å². The summed E-state index contributed by atoms with van der Waals surface area (Å²) >= 11 is 0. The molecule has 3 aliphatic rings. The number of hydrogen-bond acceptors (Lipinski definition) is 7. The zero-order valence-corrected chi connectivity index (χ0v) is 22.7. The Morgan fingerprint density at radius 3 is 2.69 bits per heavy atom. The molecule has 1 saturated heterocycles. The number of fused-ring (bicyclic) bond motifs is 2. The number of carboxylic acids is 1. The summed E-state index contributed by atoms with van der Waals surface area (Å²) in [6.07, 6.45) is 8.10. The fourth-order valence-corrected chi connectivity index (χ4v) is 5.18. The third-order valence-corrected chi connectivity index (χ3v) is 7.24. The summed E-state index contributed by atoms with van der Waals surface area (Å²) in [4.78, 5) is 57.8. The second-order valence-electron chi connectivity index (χ2n) is 11.5. The van der Waals surface area contributed by atoms with Gasteiger partial charge in [0.25, 0.3) is 0 Å². The highest BCUT2D eigenvalue weighted by Crippen LogP contribution is 2.45. The number of allylic oxidation sites excluding steroid dienone is 1. The fourth-order valence-electron chi connectivity index (χ4n) is 5.18. The number of alkyl carbamates (subject to hydrolysis) is 1. The maximum Gasteiger partial charge on any atom is 0.408 e. The van der Waals surface area contributed by atoms with E-state index >= 15 is 0 Å². The van der Waals surface area contributed by atoms with Gasteiger partial charge in [-0.2, -0.15) is 0 Å². The minimum atomic E-state index is -1.39. The van der Waals surface area contributed by atoms with Gasteiger partial charge in [0.2, 0.25) is 17.7 Å². The van der Waals surface area contributed by atoms with Crippen molar-refractivity contribution in [3.8, 4) is 5.88 Å². The SMILES string of the molecule is CC(C)(C)OC(=O)N[C@H]1CCCCC/C=C\[C@@H]2C[C@@]2(C(=O)O)NC(=O)[C@@H]2C[C@@H](Oc3ccccn3)CN2C1=O. The number of rotatable bonds is 4. The Morgan fingerprint density at radius 2 is 2.00 bits per heavy atom. The molecule has 0 aromatic carbocycles. The highest BCUT2D eigenvalue weighted by molar-refractivity contribution is 5.96. The Labute approximate surface area is 228 Å². The molecule has 0 unspecified atom stereocenters. The van der Waals surface area contributed by atoms with E-state index in [2.05, 4.69) is 15.6 Å². The maximum absolute atomic E-state index is 13.9. The molecular weight excluding hydrogens is 504 g/mol. The molecule has 3 N–H and O–H groups in total. The molecule has 1 aliphatic carbocycles. The molecule has 4 rings (SSSR count). The molecule has 11 heteroatoms. The van der Waals surface area contributed by atoms with E-state index in [1.807, 2.05) is 12.2 Å². The number of aromatic nitrogens is 1. The third kappa shape index (κ3) is 7.07. The van der Waals surface area contributed by atoms with Crippen LogP contribution in [0.25, 0.3) is 0 Å². The van der Waals surface area contributed by atoms with Crippen molar-refractivity contribution in [1.29, 1.82) is 0 Å². The van der Waals surface area contributed by atoms with E-state index < -0.39 is 53.2 Å². The van der Waals surface area contributed by atoms with Crippen molar-refractivity contribution in [1.82, 2.24) is 20.5 Å². The van der Waals surface area contributed by atoms with Crippen LogP contribution in [0.2, 0.25) is 0 Å². The molecule has 0 radical (unpaired) electrons. The Balaban J connectivity index is 1.60. The highest BCUT2D eigenvalue weighted by Gasteiger charge is 2.61. The Bertz CT molecular complexity index is 1100. The minimum Gasteiger partial charge on any atom is -0.479 e. The van der Waals surface area contributed by atoms with E-state index in [4.69, 9.17) is 9.47 Å². The molecule has 1 aromatic rings. The Kier molecular flexibility index (Phi) is 8.46. The summed E-state index contributed by atoms with van der Waals surface area (Å²) in [6, 6.07) is 3.33. The summed E-state index contributed by atoms with van der Waals surface area (Å²) in [5, 5.41) is 15.4. The van der Waals surface area contributed by atoms with Gasteiger partial charge >= 0.3 is 12.1 Å². The van der Waals surface area contributed by atoms with Crippen LogP contribution in [-0.4, -0.2) is 74.7 Å².